The lowest BCUT2D eigenvalue weighted by molar-refractivity contribution is -0.132. The fourth-order valence-corrected chi connectivity index (χ4v) is 4.07. The molecule has 1 amide bonds. The standard InChI is InChI=1S/C25H28FN3O3/c1-28-24-13-14-29(25(30)12-9-18-7-10-20(31-2)11-8-18)15-21(24)23(27-28)17-32-16-19-5-3-4-6-22(19)26/h3-8,10-11H,9,12-17H2,1-2H3. The molecule has 0 atom stereocenters. The summed E-state index contributed by atoms with van der Waals surface area (Å²) >= 11 is 0. The number of fused-ring (bicyclic) bond motifs is 1. The number of hydrogen-bond acceptors (Lipinski definition) is 4. The van der Waals surface area contributed by atoms with Gasteiger partial charge in [0.25, 0.3) is 0 Å². The third-order valence-corrected chi connectivity index (χ3v) is 5.92. The van der Waals surface area contributed by atoms with Crippen molar-refractivity contribution in [3.63, 3.8) is 0 Å². The molecule has 168 valence electrons. The molecule has 4 rings (SSSR count). The minimum absolute atomic E-state index is 0.133. The van der Waals surface area contributed by atoms with Gasteiger partial charge in [0.05, 0.1) is 26.0 Å². The van der Waals surface area contributed by atoms with Crippen LogP contribution in [0.4, 0.5) is 4.39 Å². The van der Waals surface area contributed by atoms with Gasteiger partial charge in [-0.25, -0.2) is 4.39 Å². The SMILES string of the molecule is COc1ccc(CCC(=O)N2CCc3c(c(COCc4ccccc4F)nn3C)C2)cc1. The first-order valence-corrected chi connectivity index (χ1v) is 10.8. The summed E-state index contributed by atoms with van der Waals surface area (Å²) in [6.07, 6.45) is 1.92. The smallest absolute Gasteiger partial charge is 0.223 e. The lowest BCUT2D eigenvalue weighted by Gasteiger charge is -2.28. The highest BCUT2D eigenvalue weighted by molar-refractivity contribution is 5.76. The molecule has 0 fully saturated rings. The maximum atomic E-state index is 13.8. The van der Waals surface area contributed by atoms with E-state index in [0.717, 1.165) is 34.7 Å². The molecule has 6 nitrogen and oxygen atoms in total. The van der Waals surface area contributed by atoms with Gasteiger partial charge in [0.15, 0.2) is 0 Å². The zero-order chi connectivity index (χ0) is 22.5. The molecule has 0 spiro atoms. The first-order chi connectivity index (χ1) is 15.5. The van der Waals surface area contributed by atoms with Gasteiger partial charge in [-0.3, -0.25) is 9.48 Å². The predicted octanol–water partition coefficient (Wildman–Crippen LogP) is 3.80. The molecule has 7 heteroatoms. The summed E-state index contributed by atoms with van der Waals surface area (Å²) < 4.78 is 26.6. The minimum Gasteiger partial charge on any atom is -0.497 e. The lowest BCUT2D eigenvalue weighted by atomic mass is 10.0. The van der Waals surface area contributed by atoms with Crippen LogP contribution in [0.1, 0.15) is 34.5 Å². The average Bonchev–Trinajstić information content (AvgIpc) is 3.14. The van der Waals surface area contributed by atoms with Crippen LogP contribution in [0.25, 0.3) is 0 Å². The topological polar surface area (TPSA) is 56.6 Å². The van der Waals surface area contributed by atoms with Gasteiger partial charge >= 0.3 is 0 Å². The van der Waals surface area contributed by atoms with E-state index in [0.29, 0.717) is 31.5 Å². The second kappa shape index (κ2) is 9.96. The summed E-state index contributed by atoms with van der Waals surface area (Å²) in [5.41, 5.74) is 4.62. The number of hydrogen-bond donors (Lipinski definition) is 0. The number of rotatable bonds is 8. The highest BCUT2D eigenvalue weighted by atomic mass is 19.1. The molecule has 0 saturated heterocycles. The number of carbonyl (C=O) groups is 1. The molecule has 2 aromatic carbocycles. The highest BCUT2D eigenvalue weighted by Crippen LogP contribution is 2.24. The molecular weight excluding hydrogens is 409 g/mol. The van der Waals surface area contributed by atoms with E-state index in [2.05, 4.69) is 5.10 Å². The first-order valence-electron chi connectivity index (χ1n) is 10.8. The average molecular weight is 438 g/mol. The van der Waals surface area contributed by atoms with Crippen molar-refractivity contribution in [2.75, 3.05) is 13.7 Å². The van der Waals surface area contributed by atoms with Gasteiger partial charge in [-0.15, -0.1) is 0 Å². The third kappa shape index (κ3) is 4.99. The summed E-state index contributed by atoms with van der Waals surface area (Å²) in [5, 5.41) is 4.60. The van der Waals surface area contributed by atoms with E-state index in [-0.39, 0.29) is 24.9 Å². The van der Waals surface area contributed by atoms with E-state index in [4.69, 9.17) is 9.47 Å². The third-order valence-electron chi connectivity index (χ3n) is 5.92. The van der Waals surface area contributed by atoms with Gasteiger partial charge in [0, 0.05) is 49.8 Å². The Labute approximate surface area is 187 Å². The van der Waals surface area contributed by atoms with Crippen LogP contribution in [0.5, 0.6) is 5.75 Å². The fraction of sp³-hybridized carbons (Fsp3) is 0.360. The number of amides is 1. The van der Waals surface area contributed by atoms with Crippen molar-refractivity contribution in [1.82, 2.24) is 14.7 Å². The summed E-state index contributed by atoms with van der Waals surface area (Å²) in [7, 11) is 3.56. The molecular formula is C25H28FN3O3. The summed E-state index contributed by atoms with van der Waals surface area (Å²) in [5.74, 6) is 0.669. The fourth-order valence-electron chi connectivity index (χ4n) is 4.07. The maximum absolute atomic E-state index is 13.8. The molecule has 1 aromatic heterocycles. The number of ether oxygens (including phenoxy) is 2. The van der Waals surface area contributed by atoms with Crippen LogP contribution in [0.2, 0.25) is 0 Å². The molecule has 0 unspecified atom stereocenters. The molecule has 0 aliphatic carbocycles. The van der Waals surface area contributed by atoms with Crippen molar-refractivity contribution in [3.8, 4) is 5.75 Å². The van der Waals surface area contributed by atoms with Crippen LogP contribution in [-0.4, -0.2) is 34.2 Å². The Morgan fingerprint density at radius 2 is 1.91 bits per heavy atom. The van der Waals surface area contributed by atoms with Gasteiger partial charge in [0.1, 0.15) is 11.6 Å². The zero-order valence-electron chi connectivity index (χ0n) is 18.5. The second-order valence-electron chi connectivity index (χ2n) is 7.99. The Balaban J connectivity index is 1.35. The van der Waals surface area contributed by atoms with Crippen molar-refractivity contribution < 1.29 is 18.7 Å². The van der Waals surface area contributed by atoms with Crippen LogP contribution in [-0.2, 0) is 49.2 Å². The quantitative estimate of drug-likeness (QED) is 0.538. The molecule has 32 heavy (non-hydrogen) atoms. The molecule has 0 bridgehead atoms. The van der Waals surface area contributed by atoms with Crippen LogP contribution >= 0.6 is 0 Å². The molecule has 0 saturated carbocycles. The molecule has 0 radical (unpaired) electrons. The summed E-state index contributed by atoms with van der Waals surface area (Å²) in [4.78, 5) is 14.8. The Hall–Kier alpha value is -3.19. The van der Waals surface area contributed by atoms with Gasteiger partial charge < -0.3 is 14.4 Å². The van der Waals surface area contributed by atoms with E-state index in [1.165, 1.54) is 6.07 Å². The Morgan fingerprint density at radius 3 is 2.66 bits per heavy atom. The molecule has 2 heterocycles. The van der Waals surface area contributed by atoms with Crippen LogP contribution in [0.15, 0.2) is 48.5 Å². The van der Waals surface area contributed by atoms with Gasteiger partial charge in [0.2, 0.25) is 5.91 Å². The van der Waals surface area contributed by atoms with Gasteiger partial charge in [-0.2, -0.15) is 5.10 Å². The Bertz CT molecular complexity index is 1080. The largest absolute Gasteiger partial charge is 0.497 e. The van der Waals surface area contributed by atoms with Gasteiger partial charge in [-0.05, 0) is 30.2 Å². The van der Waals surface area contributed by atoms with E-state index >= 15 is 0 Å². The van der Waals surface area contributed by atoms with Crippen molar-refractivity contribution in [2.45, 2.75) is 39.0 Å². The molecule has 3 aromatic rings. The van der Waals surface area contributed by atoms with E-state index in [1.54, 1.807) is 25.3 Å². The van der Waals surface area contributed by atoms with Crippen molar-refractivity contribution in [1.29, 1.82) is 0 Å². The number of aryl methyl sites for hydroxylation is 2. The van der Waals surface area contributed by atoms with Crippen LogP contribution in [0.3, 0.4) is 0 Å². The van der Waals surface area contributed by atoms with Crippen LogP contribution < -0.4 is 4.74 Å². The maximum Gasteiger partial charge on any atom is 0.223 e. The zero-order valence-corrected chi connectivity index (χ0v) is 18.5. The molecule has 1 aliphatic rings. The van der Waals surface area contributed by atoms with Crippen LogP contribution in [0, 0.1) is 5.82 Å². The van der Waals surface area contributed by atoms with Crippen molar-refractivity contribution in [3.05, 3.63) is 82.4 Å². The molecule has 1 aliphatic heterocycles. The normalized spacial score (nSPS) is 13.2. The number of aromatic nitrogens is 2. The number of carbonyl (C=O) groups excluding carboxylic acids is 1. The summed E-state index contributed by atoms with van der Waals surface area (Å²) in [6, 6.07) is 14.4. The highest BCUT2D eigenvalue weighted by Gasteiger charge is 2.26. The Morgan fingerprint density at radius 1 is 1.12 bits per heavy atom. The number of nitrogens with zero attached hydrogens (tertiary/aromatic N) is 3. The molecule has 0 N–H and O–H groups in total. The summed E-state index contributed by atoms with van der Waals surface area (Å²) in [6.45, 7) is 1.68. The number of methoxy groups -OCH3 is 1. The number of halogens is 1. The minimum atomic E-state index is -0.274. The van der Waals surface area contributed by atoms with E-state index < -0.39 is 0 Å². The number of benzene rings is 2. The monoisotopic (exact) mass is 437 g/mol. The van der Waals surface area contributed by atoms with E-state index in [9.17, 15) is 9.18 Å². The van der Waals surface area contributed by atoms with Gasteiger partial charge in [-0.1, -0.05) is 30.3 Å². The second-order valence-corrected chi connectivity index (χ2v) is 7.99. The lowest BCUT2D eigenvalue weighted by Crippen LogP contribution is -2.36. The predicted molar refractivity (Wildman–Crippen MR) is 119 cm³/mol. The first kappa shape index (κ1) is 22.0. The van der Waals surface area contributed by atoms with Crippen molar-refractivity contribution >= 4 is 5.91 Å². The Kier molecular flexibility index (Phi) is 6.85. The van der Waals surface area contributed by atoms with Crippen molar-refractivity contribution in [2.24, 2.45) is 7.05 Å². The van der Waals surface area contributed by atoms with E-state index in [1.807, 2.05) is 40.9 Å².